The van der Waals surface area contributed by atoms with E-state index in [2.05, 4.69) is 5.32 Å². The molecular weight excluding hydrogens is 218 g/mol. The molecule has 0 radical (unpaired) electrons. The number of hydrogen-bond acceptors (Lipinski definition) is 2. The van der Waals surface area contributed by atoms with Crippen molar-refractivity contribution in [2.24, 2.45) is 0 Å². The molecule has 5 nitrogen and oxygen atoms in total. The van der Waals surface area contributed by atoms with Crippen LogP contribution in [0.1, 0.15) is 32.6 Å². The average molecular weight is 240 g/mol. The number of quaternary nitrogens is 1. The smallest absolute Gasteiger partial charge is 0.324 e. The molecule has 2 heterocycles. The molecule has 0 aromatic heterocycles. The van der Waals surface area contributed by atoms with Crippen LogP contribution < -0.4 is 10.2 Å². The molecule has 96 valence electrons. The Balaban J connectivity index is 1.95. The number of nitrogens with zero attached hydrogens (tertiary/aromatic N) is 1. The minimum atomic E-state index is -0.226. The van der Waals surface area contributed by atoms with Gasteiger partial charge < -0.3 is 10.2 Å². The molecule has 2 saturated heterocycles. The molecule has 0 unspecified atom stereocenters. The molecule has 2 aliphatic heterocycles. The Morgan fingerprint density at radius 2 is 1.94 bits per heavy atom. The van der Waals surface area contributed by atoms with E-state index in [4.69, 9.17) is 0 Å². The molecule has 1 atom stereocenters. The second kappa shape index (κ2) is 5.49. The topological polar surface area (TPSA) is 53.9 Å². The van der Waals surface area contributed by atoms with Crippen molar-refractivity contribution in [1.29, 1.82) is 0 Å². The predicted octanol–water partition coefficient (Wildman–Crippen LogP) is -0.614. The number of carbonyl (C=O) groups excluding carboxylic acids is 2. The number of amides is 3. The van der Waals surface area contributed by atoms with Gasteiger partial charge in [0.1, 0.15) is 0 Å². The van der Waals surface area contributed by atoms with Crippen molar-refractivity contribution in [3.63, 3.8) is 0 Å². The number of hydrogen-bond donors (Lipinski definition) is 2. The Hall–Kier alpha value is -1.10. The van der Waals surface area contributed by atoms with Crippen LogP contribution >= 0.6 is 0 Å². The molecule has 0 aromatic carbocycles. The minimum Gasteiger partial charge on any atom is -0.336 e. The summed E-state index contributed by atoms with van der Waals surface area (Å²) in [5.41, 5.74) is 0. The molecule has 5 heteroatoms. The Labute approximate surface area is 102 Å². The molecular formula is C12H22N3O2+. The molecule has 0 bridgehead atoms. The first kappa shape index (κ1) is 12.4. The van der Waals surface area contributed by atoms with E-state index in [-0.39, 0.29) is 18.0 Å². The third-order valence-corrected chi connectivity index (χ3v) is 3.85. The number of rotatable bonds is 2. The van der Waals surface area contributed by atoms with Gasteiger partial charge in [-0.05, 0) is 32.6 Å². The van der Waals surface area contributed by atoms with Gasteiger partial charge in [-0.3, -0.25) is 9.69 Å². The van der Waals surface area contributed by atoms with Gasteiger partial charge in [-0.15, -0.1) is 0 Å². The fourth-order valence-electron chi connectivity index (χ4n) is 2.71. The van der Waals surface area contributed by atoms with Crippen LogP contribution in [0.15, 0.2) is 0 Å². The monoisotopic (exact) mass is 240 g/mol. The first-order chi connectivity index (χ1) is 8.20. The highest BCUT2D eigenvalue weighted by molar-refractivity contribution is 5.97. The van der Waals surface area contributed by atoms with Crippen LogP contribution in [0.25, 0.3) is 0 Å². The molecule has 17 heavy (non-hydrogen) atoms. The predicted molar refractivity (Wildman–Crippen MR) is 63.7 cm³/mol. The summed E-state index contributed by atoms with van der Waals surface area (Å²) in [6.07, 6.45) is 4.93. The third kappa shape index (κ3) is 2.77. The highest BCUT2D eigenvalue weighted by Crippen LogP contribution is 2.03. The van der Waals surface area contributed by atoms with Crippen molar-refractivity contribution < 1.29 is 14.5 Å². The van der Waals surface area contributed by atoms with Gasteiger partial charge >= 0.3 is 6.03 Å². The fraction of sp³-hybridized carbons (Fsp3) is 0.833. The SMILES string of the molecule is C[C@H](C(=O)N1CCNC1=O)[NH+]1CCCCCC1. The van der Waals surface area contributed by atoms with E-state index >= 15 is 0 Å². The molecule has 2 rings (SSSR count). The van der Waals surface area contributed by atoms with E-state index in [9.17, 15) is 9.59 Å². The summed E-state index contributed by atoms with van der Waals surface area (Å²) in [7, 11) is 0. The first-order valence-electron chi connectivity index (χ1n) is 6.64. The maximum absolute atomic E-state index is 12.2. The van der Waals surface area contributed by atoms with E-state index in [1.54, 1.807) is 0 Å². The van der Waals surface area contributed by atoms with Crippen LogP contribution in [-0.4, -0.2) is 49.1 Å². The number of nitrogens with one attached hydrogen (secondary N) is 2. The van der Waals surface area contributed by atoms with Crippen molar-refractivity contribution in [3.05, 3.63) is 0 Å². The summed E-state index contributed by atoms with van der Waals surface area (Å²) in [4.78, 5) is 26.4. The van der Waals surface area contributed by atoms with Gasteiger partial charge in [0.05, 0.1) is 13.1 Å². The lowest BCUT2D eigenvalue weighted by Gasteiger charge is -2.26. The second-order valence-electron chi connectivity index (χ2n) is 5.02. The zero-order valence-corrected chi connectivity index (χ0v) is 10.5. The third-order valence-electron chi connectivity index (χ3n) is 3.85. The van der Waals surface area contributed by atoms with E-state index in [0.29, 0.717) is 13.1 Å². The van der Waals surface area contributed by atoms with E-state index in [0.717, 1.165) is 13.1 Å². The van der Waals surface area contributed by atoms with Crippen LogP contribution in [0.3, 0.4) is 0 Å². The normalized spacial score (nSPS) is 24.3. The summed E-state index contributed by atoms with van der Waals surface area (Å²) < 4.78 is 0. The van der Waals surface area contributed by atoms with Gasteiger partial charge in [0, 0.05) is 13.1 Å². The Bertz CT molecular complexity index is 298. The van der Waals surface area contributed by atoms with Gasteiger partial charge in [0.25, 0.3) is 5.91 Å². The highest BCUT2D eigenvalue weighted by Gasteiger charge is 2.34. The number of urea groups is 1. The average Bonchev–Trinajstić information content (AvgIpc) is 2.60. The van der Waals surface area contributed by atoms with Crippen molar-refractivity contribution in [2.45, 2.75) is 38.6 Å². The summed E-state index contributed by atoms with van der Waals surface area (Å²) in [6, 6.07) is -0.312. The lowest BCUT2D eigenvalue weighted by molar-refractivity contribution is -0.913. The molecule has 0 aliphatic carbocycles. The summed E-state index contributed by atoms with van der Waals surface area (Å²) in [5, 5.41) is 2.68. The fourth-order valence-corrected chi connectivity index (χ4v) is 2.71. The van der Waals surface area contributed by atoms with Gasteiger partial charge in [-0.2, -0.15) is 0 Å². The van der Waals surface area contributed by atoms with Crippen LogP contribution in [0.4, 0.5) is 4.79 Å². The molecule has 0 spiro atoms. The molecule has 0 saturated carbocycles. The summed E-state index contributed by atoms with van der Waals surface area (Å²) in [6.45, 7) is 5.18. The van der Waals surface area contributed by atoms with Gasteiger partial charge in [0.15, 0.2) is 6.04 Å². The number of carbonyl (C=O) groups is 2. The zero-order chi connectivity index (χ0) is 12.3. The van der Waals surface area contributed by atoms with Crippen LogP contribution in [-0.2, 0) is 4.79 Å². The number of imide groups is 1. The van der Waals surface area contributed by atoms with Gasteiger partial charge in [-0.1, -0.05) is 0 Å². The second-order valence-corrected chi connectivity index (χ2v) is 5.02. The zero-order valence-electron chi connectivity index (χ0n) is 10.5. The maximum atomic E-state index is 12.2. The Morgan fingerprint density at radius 1 is 1.29 bits per heavy atom. The quantitative estimate of drug-likeness (QED) is 0.676. The van der Waals surface area contributed by atoms with E-state index in [1.165, 1.54) is 35.5 Å². The van der Waals surface area contributed by atoms with Gasteiger partial charge in [-0.25, -0.2) is 4.79 Å². The Morgan fingerprint density at radius 3 is 2.47 bits per heavy atom. The van der Waals surface area contributed by atoms with Crippen LogP contribution in [0.2, 0.25) is 0 Å². The maximum Gasteiger partial charge on any atom is 0.324 e. The van der Waals surface area contributed by atoms with Crippen LogP contribution in [0.5, 0.6) is 0 Å². The summed E-state index contributed by atoms with van der Waals surface area (Å²) in [5.74, 6) is -0.0168. The van der Waals surface area contributed by atoms with E-state index in [1.807, 2.05) is 6.92 Å². The van der Waals surface area contributed by atoms with E-state index < -0.39 is 0 Å². The van der Waals surface area contributed by atoms with Crippen LogP contribution in [0, 0.1) is 0 Å². The molecule has 0 aromatic rings. The molecule has 2 fully saturated rings. The Kier molecular flexibility index (Phi) is 3.99. The molecule has 2 aliphatic rings. The first-order valence-corrected chi connectivity index (χ1v) is 6.64. The largest absolute Gasteiger partial charge is 0.336 e. The molecule has 2 N–H and O–H groups in total. The number of likely N-dealkylation sites (tertiary alicyclic amines) is 1. The standard InChI is InChI=1S/C12H21N3O2/c1-10(14-7-4-2-3-5-8-14)11(16)15-9-6-13-12(15)17/h10H,2-9H2,1H3,(H,13,17)/p+1/t10-/m1/s1. The van der Waals surface area contributed by atoms with Crippen molar-refractivity contribution in [3.8, 4) is 0 Å². The highest BCUT2D eigenvalue weighted by atomic mass is 16.2. The van der Waals surface area contributed by atoms with Crippen molar-refractivity contribution >= 4 is 11.9 Å². The van der Waals surface area contributed by atoms with Crippen molar-refractivity contribution in [2.75, 3.05) is 26.2 Å². The van der Waals surface area contributed by atoms with Gasteiger partial charge in [0.2, 0.25) is 0 Å². The molecule has 3 amide bonds. The van der Waals surface area contributed by atoms with Crippen molar-refractivity contribution in [1.82, 2.24) is 10.2 Å². The minimum absolute atomic E-state index is 0.0168. The lowest BCUT2D eigenvalue weighted by atomic mass is 10.2. The lowest BCUT2D eigenvalue weighted by Crippen LogP contribution is -3.16. The summed E-state index contributed by atoms with van der Waals surface area (Å²) >= 11 is 0.